The van der Waals surface area contributed by atoms with Crippen molar-refractivity contribution in [2.24, 2.45) is 11.5 Å². The second-order valence-electron chi connectivity index (χ2n) is 4.25. The van der Waals surface area contributed by atoms with Crippen LogP contribution < -0.4 is 22.1 Å². The third-order valence-electron chi connectivity index (χ3n) is 2.53. The van der Waals surface area contributed by atoms with Crippen LogP contribution in [-0.2, 0) is 14.4 Å². The lowest BCUT2D eigenvalue weighted by Gasteiger charge is -2.19. The number of rotatable bonds is 10. The molecule has 20 heavy (non-hydrogen) atoms. The first-order valence-corrected chi connectivity index (χ1v) is 6.92. The van der Waals surface area contributed by atoms with Crippen molar-refractivity contribution in [3.05, 3.63) is 0 Å². The van der Waals surface area contributed by atoms with E-state index in [9.17, 15) is 14.4 Å². The Labute approximate surface area is 123 Å². The van der Waals surface area contributed by atoms with Crippen LogP contribution in [0.3, 0.4) is 0 Å². The average Bonchev–Trinajstić information content (AvgIpc) is 2.42. The van der Waals surface area contributed by atoms with E-state index in [1.165, 1.54) is 0 Å². The molecule has 2 unspecified atom stereocenters. The monoisotopic (exact) mass is 306 g/mol. The van der Waals surface area contributed by atoms with Gasteiger partial charge in [-0.05, 0) is 25.8 Å². The van der Waals surface area contributed by atoms with Crippen LogP contribution in [-0.4, -0.2) is 53.8 Å². The second-order valence-corrected chi connectivity index (χ2v) is 4.61. The number of carbonyl (C=O) groups excluding carboxylic acids is 2. The summed E-state index contributed by atoms with van der Waals surface area (Å²) in [5.74, 6) is -2.05. The Morgan fingerprint density at radius 1 is 1.20 bits per heavy atom. The number of carboxylic acids is 1. The van der Waals surface area contributed by atoms with Gasteiger partial charge in [-0.3, -0.25) is 14.4 Å². The number of thiol groups is 1. The van der Waals surface area contributed by atoms with E-state index in [2.05, 4.69) is 23.3 Å². The lowest BCUT2D eigenvalue weighted by molar-refractivity contribution is -0.138. The lowest BCUT2D eigenvalue weighted by Crippen LogP contribution is -2.52. The molecule has 0 fully saturated rings. The van der Waals surface area contributed by atoms with Crippen molar-refractivity contribution in [2.75, 3.05) is 18.8 Å². The number of hydrogen-bond acceptors (Lipinski definition) is 6. The highest BCUT2D eigenvalue weighted by Crippen LogP contribution is 2.01. The minimum atomic E-state index is -1.16. The van der Waals surface area contributed by atoms with Gasteiger partial charge >= 0.3 is 5.97 Å². The van der Waals surface area contributed by atoms with Crippen LogP contribution in [0.4, 0.5) is 0 Å². The first-order chi connectivity index (χ1) is 9.42. The van der Waals surface area contributed by atoms with Crippen molar-refractivity contribution in [2.45, 2.75) is 31.3 Å². The molecule has 8 nitrogen and oxygen atoms in total. The van der Waals surface area contributed by atoms with Gasteiger partial charge in [0.05, 0.1) is 6.04 Å². The van der Waals surface area contributed by atoms with E-state index in [0.29, 0.717) is 25.8 Å². The quantitative estimate of drug-likeness (QED) is 0.204. The minimum Gasteiger partial charge on any atom is -0.480 e. The SMILES string of the molecule is NCCCCC(NC(=O)C(N)CS)C(=O)NCC(=O)O. The second kappa shape index (κ2) is 10.5. The van der Waals surface area contributed by atoms with Crippen LogP contribution in [0.5, 0.6) is 0 Å². The van der Waals surface area contributed by atoms with Gasteiger partial charge in [0, 0.05) is 5.75 Å². The number of carboxylic acid groups (broad SMARTS) is 1. The van der Waals surface area contributed by atoms with Gasteiger partial charge in [-0.25, -0.2) is 0 Å². The van der Waals surface area contributed by atoms with E-state index in [1.807, 2.05) is 0 Å². The van der Waals surface area contributed by atoms with Gasteiger partial charge in [-0.1, -0.05) is 0 Å². The summed E-state index contributed by atoms with van der Waals surface area (Å²) in [4.78, 5) is 33.9. The number of nitrogens with one attached hydrogen (secondary N) is 2. The van der Waals surface area contributed by atoms with E-state index < -0.39 is 36.4 Å². The van der Waals surface area contributed by atoms with Crippen LogP contribution in [0.1, 0.15) is 19.3 Å². The number of nitrogens with two attached hydrogens (primary N) is 2. The summed E-state index contributed by atoms with van der Waals surface area (Å²) < 4.78 is 0. The Balaban J connectivity index is 4.49. The van der Waals surface area contributed by atoms with Gasteiger partial charge < -0.3 is 27.2 Å². The maximum Gasteiger partial charge on any atom is 0.322 e. The van der Waals surface area contributed by atoms with Crippen molar-refractivity contribution in [3.63, 3.8) is 0 Å². The molecule has 2 amide bonds. The molecule has 0 rings (SSSR count). The molecule has 0 aliphatic rings. The predicted octanol–water partition coefficient (Wildman–Crippen LogP) is -1.94. The normalized spacial score (nSPS) is 13.3. The number of hydrogen-bond donors (Lipinski definition) is 6. The molecule has 0 bridgehead atoms. The molecule has 0 aromatic rings. The van der Waals surface area contributed by atoms with Crippen LogP contribution in [0, 0.1) is 0 Å². The first kappa shape index (κ1) is 18.7. The Kier molecular flexibility index (Phi) is 9.77. The van der Waals surface area contributed by atoms with Gasteiger partial charge in [0.1, 0.15) is 12.6 Å². The maximum absolute atomic E-state index is 11.8. The predicted molar refractivity (Wildman–Crippen MR) is 77.3 cm³/mol. The molecule has 0 spiro atoms. The standard InChI is InChI=1S/C11H22N4O4S/c12-4-2-1-3-8(11(19)14-5-9(16)17)15-10(18)7(13)6-20/h7-8,20H,1-6,12-13H2,(H,14,19)(H,15,18)(H,16,17). The van der Waals surface area contributed by atoms with Gasteiger partial charge in [0.15, 0.2) is 0 Å². The fraction of sp³-hybridized carbons (Fsp3) is 0.727. The third-order valence-corrected chi connectivity index (χ3v) is 2.92. The number of unbranched alkanes of at least 4 members (excludes halogenated alkanes) is 1. The topological polar surface area (TPSA) is 148 Å². The Hall–Kier alpha value is -1.32. The molecule has 0 heterocycles. The molecule has 0 aromatic heterocycles. The Morgan fingerprint density at radius 3 is 2.35 bits per heavy atom. The minimum absolute atomic E-state index is 0.151. The van der Waals surface area contributed by atoms with Gasteiger partial charge in [0.2, 0.25) is 11.8 Å². The van der Waals surface area contributed by atoms with Crippen LogP contribution in [0.25, 0.3) is 0 Å². The van der Waals surface area contributed by atoms with E-state index >= 15 is 0 Å². The summed E-state index contributed by atoms with van der Waals surface area (Å²) in [6.07, 6.45) is 1.71. The average molecular weight is 306 g/mol. The Bertz CT molecular complexity index is 340. The summed E-state index contributed by atoms with van der Waals surface area (Å²) in [6.45, 7) is -0.0196. The molecule has 0 aliphatic carbocycles. The van der Waals surface area contributed by atoms with E-state index in [4.69, 9.17) is 16.6 Å². The fourth-order valence-corrected chi connectivity index (χ4v) is 1.58. The van der Waals surface area contributed by atoms with Crippen molar-refractivity contribution in [1.82, 2.24) is 10.6 Å². The zero-order chi connectivity index (χ0) is 15.5. The summed E-state index contributed by atoms with van der Waals surface area (Å²) in [7, 11) is 0. The zero-order valence-electron chi connectivity index (χ0n) is 11.2. The molecule has 0 saturated heterocycles. The maximum atomic E-state index is 11.8. The molecule has 0 aliphatic heterocycles. The number of amides is 2. The van der Waals surface area contributed by atoms with Crippen molar-refractivity contribution in [3.8, 4) is 0 Å². The molecule has 116 valence electrons. The highest BCUT2D eigenvalue weighted by molar-refractivity contribution is 7.80. The highest BCUT2D eigenvalue weighted by atomic mass is 32.1. The molecule has 9 heteroatoms. The van der Waals surface area contributed by atoms with E-state index in [-0.39, 0.29) is 5.75 Å². The van der Waals surface area contributed by atoms with Crippen LogP contribution in [0.15, 0.2) is 0 Å². The number of carbonyl (C=O) groups is 3. The van der Waals surface area contributed by atoms with E-state index in [1.54, 1.807) is 0 Å². The molecular formula is C11H22N4O4S. The number of aliphatic carboxylic acids is 1. The highest BCUT2D eigenvalue weighted by Gasteiger charge is 2.23. The smallest absolute Gasteiger partial charge is 0.322 e. The largest absolute Gasteiger partial charge is 0.480 e. The molecule has 0 radical (unpaired) electrons. The van der Waals surface area contributed by atoms with Gasteiger partial charge in [-0.15, -0.1) is 0 Å². The Morgan fingerprint density at radius 2 is 1.85 bits per heavy atom. The van der Waals surface area contributed by atoms with Gasteiger partial charge in [0.25, 0.3) is 0 Å². The summed E-state index contributed by atoms with van der Waals surface area (Å²) in [5, 5.41) is 13.2. The summed E-state index contributed by atoms with van der Waals surface area (Å²) >= 11 is 3.90. The van der Waals surface area contributed by atoms with Crippen molar-refractivity contribution < 1.29 is 19.5 Å². The lowest BCUT2D eigenvalue weighted by atomic mass is 10.1. The summed E-state index contributed by atoms with van der Waals surface area (Å²) in [5.41, 5.74) is 10.9. The molecule has 2 atom stereocenters. The van der Waals surface area contributed by atoms with Crippen LogP contribution >= 0.6 is 12.6 Å². The van der Waals surface area contributed by atoms with Crippen molar-refractivity contribution in [1.29, 1.82) is 0 Å². The zero-order valence-corrected chi connectivity index (χ0v) is 12.1. The molecule has 7 N–H and O–H groups in total. The summed E-state index contributed by atoms with van der Waals surface area (Å²) in [6, 6.07) is -1.64. The molecule has 0 saturated carbocycles. The first-order valence-electron chi connectivity index (χ1n) is 6.28. The van der Waals surface area contributed by atoms with Crippen molar-refractivity contribution >= 4 is 30.4 Å². The van der Waals surface area contributed by atoms with E-state index in [0.717, 1.165) is 0 Å². The van der Waals surface area contributed by atoms with Gasteiger partial charge in [-0.2, -0.15) is 12.6 Å². The molecule has 0 aromatic carbocycles. The molecular weight excluding hydrogens is 284 g/mol. The third kappa shape index (κ3) is 7.97. The van der Waals surface area contributed by atoms with Crippen LogP contribution in [0.2, 0.25) is 0 Å². The fourth-order valence-electron chi connectivity index (χ4n) is 1.41.